The maximum absolute atomic E-state index is 11.3. The lowest BCUT2D eigenvalue weighted by atomic mass is 9.95. The molecular weight excluding hydrogens is 204 g/mol. The molecule has 0 radical (unpaired) electrons. The van der Waals surface area contributed by atoms with Crippen LogP contribution in [-0.2, 0) is 22.5 Å². The lowest BCUT2D eigenvalue weighted by Gasteiger charge is -2.11. The Balaban J connectivity index is 3.22. The quantitative estimate of drug-likeness (QED) is 0.769. The van der Waals surface area contributed by atoms with E-state index in [1.807, 2.05) is 6.92 Å². The van der Waals surface area contributed by atoms with Gasteiger partial charge < -0.3 is 10.5 Å². The average Bonchev–Trinajstić information content (AvgIpc) is 2.31. The van der Waals surface area contributed by atoms with E-state index in [9.17, 15) is 4.79 Å². The average molecular weight is 218 g/mol. The van der Waals surface area contributed by atoms with Gasteiger partial charge in [0.15, 0.2) is 0 Å². The first-order chi connectivity index (χ1) is 7.63. The highest BCUT2D eigenvalue weighted by Crippen LogP contribution is 2.19. The van der Waals surface area contributed by atoms with Crippen molar-refractivity contribution in [3.8, 4) is 6.07 Å². The van der Waals surface area contributed by atoms with E-state index in [0.29, 0.717) is 12.1 Å². The van der Waals surface area contributed by atoms with Gasteiger partial charge >= 0.3 is 5.97 Å². The number of hydrogen-bond donors (Lipinski definition) is 1. The van der Waals surface area contributed by atoms with Crippen LogP contribution in [-0.4, -0.2) is 13.1 Å². The van der Waals surface area contributed by atoms with Crippen molar-refractivity contribution in [3.05, 3.63) is 34.4 Å². The zero-order valence-electron chi connectivity index (χ0n) is 9.41. The molecule has 16 heavy (non-hydrogen) atoms. The number of nitrogens with zero attached hydrogens (tertiary/aromatic N) is 1. The van der Waals surface area contributed by atoms with Gasteiger partial charge in [0.25, 0.3) is 0 Å². The fraction of sp³-hybridized carbons (Fsp3) is 0.333. The van der Waals surface area contributed by atoms with E-state index < -0.39 is 0 Å². The number of benzene rings is 1. The molecule has 0 saturated heterocycles. The van der Waals surface area contributed by atoms with Crippen molar-refractivity contribution in [3.63, 3.8) is 0 Å². The number of nitrogens with two attached hydrogens (primary N) is 1. The zero-order chi connectivity index (χ0) is 12.1. The van der Waals surface area contributed by atoms with Crippen LogP contribution in [0.3, 0.4) is 0 Å². The maximum atomic E-state index is 11.3. The summed E-state index contributed by atoms with van der Waals surface area (Å²) >= 11 is 0. The fourth-order valence-corrected chi connectivity index (χ4v) is 1.59. The molecule has 0 fully saturated rings. The summed E-state index contributed by atoms with van der Waals surface area (Å²) in [7, 11) is 1.34. The summed E-state index contributed by atoms with van der Waals surface area (Å²) in [6.07, 6.45) is 0.157. The van der Waals surface area contributed by atoms with Gasteiger partial charge in [-0.1, -0.05) is 6.07 Å². The molecule has 0 aliphatic carbocycles. The standard InChI is InChI=1S/C12H14N2O2/c1-8-9(6-13)3-4-10(7-14)11(8)5-12(15)16-2/h3-4H,5,7,14H2,1-2H3. The summed E-state index contributed by atoms with van der Waals surface area (Å²) < 4.78 is 4.62. The Kier molecular flexibility index (Phi) is 4.03. The third-order valence-corrected chi connectivity index (χ3v) is 2.58. The minimum absolute atomic E-state index is 0.157. The largest absolute Gasteiger partial charge is 0.469 e. The van der Waals surface area contributed by atoms with Crippen molar-refractivity contribution < 1.29 is 9.53 Å². The third kappa shape index (κ3) is 2.38. The van der Waals surface area contributed by atoms with Gasteiger partial charge in [-0.15, -0.1) is 0 Å². The predicted molar refractivity (Wildman–Crippen MR) is 59.5 cm³/mol. The molecule has 4 nitrogen and oxygen atoms in total. The highest BCUT2D eigenvalue weighted by atomic mass is 16.5. The van der Waals surface area contributed by atoms with E-state index in [4.69, 9.17) is 11.0 Å². The molecule has 0 amide bonds. The van der Waals surface area contributed by atoms with Crippen molar-refractivity contribution >= 4 is 5.97 Å². The molecule has 1 rings (SSSR count). The molecule has 0 heterocycles. The van der Waals surface area contributed by atoms with E-state index in [-0.39, 0.29) is 12.4 Å². The normalized spacial score (nSPS) is 9.62. The second-order valence-corrected chi connectivity index (χ2v) is 3.44. The fourth-order valence-electron chi connectivity index (χ4n) is 1.59. The number of carbonyl (C=O) groups is 1. The molecule has 1 aromatic rings. The Hall–Kier alpha value is -1.86. The Labute approximate surface area is 94.6 Å². The van der Waals surface area contributed by atoms with Gasteiger partial charge in [0.1, 0.15) is 0 Å². The first-order valence-corrected chi connectivity index (χ1v) is 4.92. The summed E-state index contributed by atoms with van der Waals surface area (Å²) in [5.41, 5.74) is 8.64. The van der Waals surface area contributed by atoms with Crippen molar-refractivity contribution in [1.29, 1.82) is 5.26 Å². The second kappa shape index (κ2) is 5.29. The summed E-state index contributed by atoms with van der Waals surface area (Å²) in [6, 6.07) is 5.59. The van der Waals surface area contributed by atoms with E-state index in [0.717, 1.165) is 16.7 Å². The summed E-state index contributed by atoms with van der Waals surface area (Å²) in [6.45, 7) is 2.16. The molecule has 0 aromatic heterocycles. The van der Waals surface area contributed by atoms with Crippen LogP contribution in [0.1, 0.15) is 22.3 Å². The van der Waals surface area contributed by atoms with Crippen molar-refractivity contribution in [2.45, 2.75) is 19.9 Å². The molecule has 0 saturated carbocycles. The Morgan fingerprint density at radius 1 is 1.56 bits per heavy atom. The lowest BCUT2D eigenvalue weighted by molar-refractivity contribution is -0.139. The molecule has 0 aliphatic heterocycles. The highest BCUT2D eigenvalue weighted by Gasteiger charge is 2.12. The molecule has 84 valence electrons. The van der Waals surface area contributed by atoms with Gasteiger partial charge in [-0.3, -0.25) is 4.79 Å². The molecule has 0 spiro atoms. The summed E-state index contributed by atoms with van der Waals surface area (Å²) in [5, 5.41) is 8.90. The van der Waals surface area contributed by atoms with Crippen LogP contribution >= 0.6 is 0 Å². The number of nitriles is 1. The van der Waals surface area contributed by atoms with Crippen molar-refractivity contribution in [1.82, 2.24) is 0 Å². The molecule has 2 N–H and O–H groups in total. The van der Waals surface area contributed by atoms with E-state index >= 15 is 0 Å². The number of ether oxygens (including phenoxy) is 1. The number of rotatable bonds is 3. The minimum atomic E-state index is -0.326. The topological polar surface area (TPSA) is 76.1 Å². The van der Waals surface area contributed by atoms with Crippen molar-refractivity contribution in [2.75, 3.05) is 7.11 Å². The maximum Gasteiger partial charge on any atom is 0.309 e. The first kappa shape index (κ1) is 12.2. The smallest absolute Gasteiger partial charge is 0.309 e. The molecule has 4 heteroatoms. The highest BCUT2D eigenvalue weighted by molar-refractivity contribution is 5.74. The second-order valence-electron chi connectivity index (χ2n) is 3.44. The summed E-state index contributed by atoms with van der Waals surface area (Å²) in [5.74, 6) is -0.326. The Bertz CT molecular complexity index is 447. The van der Waals surface area contributed by atoms with Crippen LogP contribution < -0.4 is 5.73 Å². The number of methoxy groups -OCH3 is 1. The van der Waals surface area contributed by atoms with Gasteiger partial charge in [0.2, 0.25) is 0 Å². The first-order valence-electron chi connectivity index (χ1n) is 4.92. The van der Waals surface area contributed by atoms with Crippen LogP contribution in [0.4, 0.5) is 0 Å². The zero-order valence-corrected chi connectivity index (χ0v) is 9.41. The van der Waals surface area contributed by atoms with Gasteiger partial charge in [-0.2, -0.15) is 5.26 Å². The van der Waals surface area contributed by atoms with Crippen LogP contribution in [0.2, 0.25) is 0 Å². The number of carbonyl (C=O) groups excluding carboxylic acids is 1. The molecule has 1 aromatic carbocycles. The number of esters is 1. The monoisotopic (exact) mass is 218 g/mol. The van der Waals surface area contributed by atoms with Gasteiger partial charge in [0, 0.05) is 6.54 Å². The SMILES string of the molecule is COC(=O)Cc1c(CN)ccc(C#N)c1C. The van der Waals surface area contributed by atoms with Gasteiger partial charge in [-0.25, -0.2) is 0 Å². The van der Waals surface area contributed by atoms with Crippen LogP contribution in [0.25, 0.3) is 0 Å². The van der Waals surface area contributed by atoms with E-state index in [1.54, 1.807) is 12.1 Å². The number of hydrogen-bond acceptors (Lipinski definition) is 4. The predicted octanol–water partition coefficient (Wildman–Crippen LogP) is 1.04. The van der Waals surface area contributed by atoms with Crippen LogP contribution in [0.5, 0.6) is 0 Å². The van der Waals surface area contributed by atoms with Gasteiger partial charge in [0.05, 0.1) is 25.2 Å². The third-order valence-electron chi connectivity index (χ3n) is 2.58. The minimum Gasteiger partial charge on any atom is -0.469 e. The van der Waals surface area contributed by atoms with E-state index in [1.165, 1.54) is 7.11 Å². The van der Waals surface area contributed by atoms with Crippen LogP contribution in [0, 0.1) is 18.3 Å². The molecule has 0 atom stereocenters. The van der Waals surface area contributed by atoms with Gasteiger partial charge in [-0.05, 0) is 29.7 Å². The summed E-state index contributed by atoms with van der Waals surface area (Å²) in [4.78, 5) is 11.3. The lowest BCUT2D eigenvalue weighted by Crippen LogP contribution is -2.11. The molecule has 0 unspecified atom stereocenters. The Morgan fingerprint density at radius 3 is 2.75 bits per heavy atom. The van der Waals surface area contributed by atoms with Crippen molar-refractivity contribution in [2.24, 2.45) is 5.73 Å². The molecular formula is C12H14N2O2. The van der Waals surface area contributed by atoms with E-state index in [2.05, 4.69) is 10.8 Å². The Morgan fingerprint density at radius 2 is 2.25 bits per heavy atom. The molecule has 0 aliphatic rings. The van der Waals surface area contributed by atoms with Crippen LogP contribution in [0.15, 0.2) is 12.1 Å². The molecule has 0 bridgehead atoms.